The van der Waals surface area contributed by atoms with Gasteiger partial charge in [-0.2, -0.15) is 0 Å². The summed E-state index contributed by atoms with van der Waals surface area (Å²) in [7, 11) is 2.62. The Balaban J connectivity index is 3.61. The standard InChI is InChI=1S/C13H19NO2/c1-4-5-10-8-13(16-3)11(6-7-14)9-12(10)15-2/h4,8-9H,1,5-7,14H2,2-3H3/i1D2,4D,5D2,6D,7D. The van der Waals surface area contributed by atoms with Crippen LogP contribution in [0.25, 0.3) is 0 Å². The normalized spacial score (nSPS) is 20.8. The van der Waals surface area contributed by atoms with Crippen LogP contribution in [0.5, 0.6) is 11.5 Å². The first-order chi connectivity index (χ1) is 10.6. The van der Waals surface area contributed by atoms with Crippen molar-refractivity contribution in [3.63, 3.8) is 0 Å². The van der Waals surface area contributed by atoms with Gasteiger partial charge < -0.3 is 15.2 Å². The Bertz CT molecular complexity index is 600. The molecule has 0 saturated carbocycles. The lowest BCUT2D eigenvalue weighted by Crippen LogP contribution is -2.05. The first-order valence-corrected chi connectivity index (χ1v) is 4.58. The van der Waals surface area contributed by atoms with Gasteiger partial charge in [-0.05, 0) is 37.0 Å². The monoisotopic (exact) mass is 228 g/mol. The molecule has 0 aliphatic rings. The van der Waals surface area contributed by atoms with Gasteiger partial charge in [0.1, 0.15) is 11.5 Å². The molecule has 3 heteroatoms. The molecule has 0 fully saturated rings. The Kier molecular flexibility index (Phi) is 2.21. The molecule has 0 radical (unpaired) electrons. The maximum atomic E-state index is 8.02. The zero-order valence-electron chi connectivity index (χ0n) is 16.2. The lowest BCUT2D eigenvalue weighted by molar-refractivity contribution is 0.395. The molecule has 0 spiro atoms. The van der Waals surface area contributed by atoms with Crippen LogP contribution in [0.15, 0.2) is 24.7 Å². The van der Waals surface area contributed by atoms with E-state index in [9.17, 15) is 0 Å². The van der Waals surface area contributed by atoms with Gasteiger partial charge in [-0.15, -0.1) is 6.53 Å². The maximum Gasteiger partial charge on any atom is 0.122 e. The lowest BCUT2D eigenvalue weighted by Gasteiger charge is -2.13. The summed E-state index contributed by atoms with van der Waals surface area (Å²) in [5.41, 5.74) is 5.56. The minimum Gasteiger partial charge on any atom is -0.496 e. The van der Waals surface area contributed by atoms with Crippen LogP contribution in [-0.4, -0.2) is 20.7 Å². The average Bonchev–Trinajstić information content (AvgIpc) is 2.51. The molecule has 1 aromatic rings. The van der Waals surface area contributed by atoms with Crippen LogP contribution in [0.4, 0.5) is 0 Å². The predicted octanol–water partition coefficient (Wildman–Crippen LogP) is 1.93. The van der Waals surface area contributed by atoms with Crippen LogP contribution in [0.3, 0.4) is 0 Å². The second-order valence-corrected chi connectivity index (χ2v) is 2.90. The van der Waals surface area contributed by atoms with Crippen LogP contribution >= 0.6 is 0 Å². The molecule has 0 bridgehead atoms. The lowest BCUT2D eigenvalue weighted by atomic mass is 10.0. The third-order valence-electron chi connectivity index (χ3n) is 2.02. The summed E-state index contributed by atoms with van der Waals surface area (Å²) in [6.45, 7) is -2.18. The van der Waals surface area contributed by atoms with Gasteiger partial charge in [0, 0.05) is 11.0 Å². The number of hydrogen-bond donors (Lipinski definition) is 1. The van der Waals surface area contributed by atoms with Gasteiger partial charge in [0.05, 0.1) is 18.3 Å². The van der Waals surface area contributed by atoms with E-state index >= 15 is 0 Å². The molecule has 0 amide bonds. The smallest absolute Gasteiger partial charge is 0.122 e. The molecule has 88 valence electrons. The predicted molar refractivity (Wildman–Crippen MR) is 66.2 cm³/mol. The molecular weight excluding hydrogens is 202 g/mol. The summed E-state index contributed by atoms with van der Waals surface area (Å²) < 4.78 is 63.6. The van der Waals surface area contributed by atoms with Crippen molar-refractivity contribution in [2.45, 2.75) is 12.8 Å². The number of allylic oxidation sites excluding steroid dienone is 1. The van der Waals surface area contributed by atoms with E-state index in [0.717, 1.165) is 0 Å². The highest BCUT2D eigenvalue weighted by atomic mass is 16.5. The molecule has 3 nitrogen and oxygen atoms in total. The molecule has 0 aliphatic carbocycles. The van der Waals surface area contributed by atoms with Crippen LogP contribution in [0.1, 0.15) is 20.7 Å². The van der Waals surface area contributed by atoms with Gasteiger partial charge in [-0.1, -0.05) is 6.05 Å². The summed E-state index contributed by atoms with van der Waals surface area (Å²) in [6.07, 6.45) is -3.58. The topological polar surface area (TPSA) is 44.5 Å². The van der Waals surface area contributed by atoms with Crippen molar-refractivity contribution in [1.29, 1.82) is 0 Å². The van der Waals surface area contributed by atoms with Crippen molar-refractivity contribution in [3.05, 3.63) is 35.8 Å². The molecule has 0 aliphatic heterocycles. The second kappa shape index (κ2) is 6.18. The largest absolute Gasteiger partial charge is 0.496 e. The third kappa shape index (κ3) is 2.76. The summed E-state index contributed by atoms with van der Waals surface area (Å²) in [4.78, 5) is 0. The maximum absolute atomic E-state index is 8.02. The number of rotatable bonds is 6. The number of hydrogen-bond acceptors (Lipinski definition) is 3. The highest BCUT2D eigenvalue weighted by Gasteiger charge is 2.09. The van der Waals surface area contributed by atoms with Crippen molar-refractivity contribution in [2.75, 3.05) is 20.7 Å². The third-order valence-corrected chi connectivity index (χ3v) is 2.02. The molecule has 2 N–H and O–H groups in total. The van der Waals surface area contributed by atoms with E-state index in [0.29, 0.717) is 0 Å². The highest BCUT2D eigenvalue weighted by Crippen LogP contribution is 2.29. The Labute approximate surface area is 107 Å². The van der Waals surface area contributed by atoms with Gasteiger partial charge in [-0.3, -0.25) is 0 Å². The van der Waals surface area contributed by atoms with E-state index in [1.54, 1.807) is 0 Å². The first-order valence-electron chi connectivity index (χ1n) is 8.24. The number of ether oxygens (including phenoxy) is 2. The summed E-state index contributed by atoms with van der Waals surface area (Å²) in [5, 5.41) is 0. The minimum absolute atomic E-state index is 0.0229. The molecule has 1 rings (SSSR count). The number of aryl methyl sites for hydroxylation is 1. The van der Waals surface area contributed by atoms with E-state index < -0.39 is 31.9 Å². The van der Waals surface area contributed by atoms with Crippen molar-refractivity contribution in [2.24, 2.45) is 5.73 Å². The fourth-order valence-electron chi connectivity index (χ4n) is 1.32. The highest BCUT2D eigenvalue weighted by molar-refractivity contribution is 5.47. The summed E-state index contributed by atoms with van der Waals surface area (Å²) in [6, 6.07) is 1.75. The van der Waals surface area contributed by atoms with E-state index in [2.05, 4.69) is 0 Å². The Morgan fingerprint density at radius 3 is 2.62 bits per heavy atom. The Hall–Kier alpha value is -1.48. The number of benzene rings is 1. The average molecular weight is 228 g/mol. The second-order valence-electron chi connectivity index (χ2n) is 2.90. The molecule has 0 saturated heterocycles. The fraction of sp³-hybridized carbons (Fsp3) is 0.385. The van der Waals surface area contributed by atoms with E-state index in [1.165, 1.54) is 26.4 Å². The molecule has 16 heavy (non-hydrogen) atoms. The van der Waals surface area contributed by atoms with Crippen molar-refractivity contribution in [1.82, 2.24) is 0 Å². The van der Waals surface area contributed by atoms with E-state index in [4.69, 9.17) is 24.8 Å². The Morgan fingerprint density at radius 2 is 2.06 bits per heavy atom. The van der Waals surface area contributed by atoms with Crippen LogP contribution in [0, 0.1) is 0 Å². The van der Waals surface area contributed by atoms with E-state index in [-0.39, 0.29) is 22.6 Å². The van der Waals surface area contributed by atoms with Crippen molar-refractivity contribution >= 4 is 0 Å². The summed E-state index contributed by atoms with van der Waals surface area (Å²) in [5.74, 6) is 0.145. The minimum atomic E-state index is -2.45. The summed E-state index contributed by atoms with van der Waals surface area (Å²) >= 11 is 0. The van der Waals surface area contributed by atoms with Crippen molar-refractivity contribution < 1.29 is 19.1 Å². The molecule has 1 aromatic carbocycles. The van der Waals surface area contributed by atoms with Gasteiger partial charge in [0.25, 0.3) is 0 Å². The quantitative estimate of drug-likeness (QED) is 0.757. The van der Waals surface area contributed by atoms with Crippen LogP contribution < -0.4 is 15.2 Å². The van der Waals surface area contributed by atoms with Crippen molar-refractivity contribution in [3.8, 4) is 11.5 Å². The van der Waals surface area contributed by atoms with Crippen LogP contribution in [-0.2, 0) is 12.8 Å². The molecule has 0 heterocycles. The zero-order chi connectivity index (χ0) is 17.9. The zero-order valence-corrected chi connectivity index (χ0v) is 9.20. The van der Waals surface area contributed by atoms with Gasteiger partial charge in [0.15, 0.2) is 0 Å². The fourth-order valence-corrected chi connectivity index (χ4v) is 1.32. The molecule has 0 aromatic heterocycles. The van der Waals surface area contributed by atoms with Crippen LogP contribution in [0.2, 0.25) is 0 Å². The number of nitrogens with two attached hydrogens (primary N) is 1. The molecule has 2 unspecified atom stereocenters. The Morgan fingerprint density at radius 1 is 1.44 bits per heavy atom. The SMILES string of the molecule is [2H]C([2H])=C([2H])C([2H])([2H])c1cc(OC)c(C([2H])C([2H])N)cc1OC. The van der Waals surface area contributed by atoms with Gasteiger partial charge in [0.2, 0.25) is 0 Å². The number of methoxy groups -OCH3 is 2. The molecular formula is C13H19NO2. The van der Waals surface area contributed by atoms with Gasteiger partial charge in [-0.25, -0.2) is 0 Å². The first kappa shape index (κ1) is 5.73. The van der Waals surface area contributed by atoms with Gasteiger partial charge >= 0.3 is 0 Å². The molecule has 2 atom stereocenters. The van der Waals surface area contributed by atoms with E-state index in [1.807, 2.05) is 0 Å².